The summed E-state index contributed by atoms with van der Waals surface area (Å²) in [6, 6.07) is 0.812. The molecule has 1 unspecified atom stereocenters. The van der Waals surface area contributed by atoms with Gasteiger partial charge in [-0.2, -0.15) is 0 Å². The van der Waals surface area contributed by atoms with Crippen molar-refractivity contribution in [2.45, 2.75) is 45.1 Å². The molecule has 0 bridgehead atoms. The van der Waals surface area contributed by atoms with Crippen molar-refractivity contribution in [2.24, 2.45) is 0 Å². The van der Waals surface area contributed by atoms with Gasteiger partial charge in [0.2, 0.25) is 0 Å². The minimum Gasteiger partial charge on any atom is -0.314 e. The number of unbranched alkanes of at least 4 members (excludes halogenated alkanes) is 1. The molecule has 1 atom stereocenters. The Balaban J connectivity index is 1.91. The SMILES string of the molecule is CCCCNC1C[CH]CC1. The fourth-order valence-electron chi connectivity index (χ4n) is 1.42. The Morgan fingerprint density at radius 3 is 3.10 bits per heavy atom. The van der Waals surface area contributed by atoms with Crippen molar-refractivity contribution >= 4 is 0 Å². The summed E-state index contributed by atoms with van der Waals surface area (Å²) in [5, 5.41) is 3.55. The van der Waals surface area contributed by atoms with E-state index in [9.17, 15) is 0 Å². The first-order valence-corrected chi connectivity index (χ1v) is 4.48. The smallest absolute Gasteiger partial charge is 0.00699 e. The van der Waals surface area contributed by atoms with Gasteiger partial charge >= 0.3 is 0 Å². The lowest BCUT2D eigenvalue weighted by atomic mass is 10.2. The molecule has 1 fully saturated rings. The molecule has 10 heavy (non-hydrogen) atoms. The van der Waals surface area contributed by atoms with E-state index in [1.807, 2.05) is 0 Å². The molecule has 1 saturated carbocycles. The van der Waals surface area contributed by atoms with E-state index in [0.29, 0.717) is 0 Å². The lowest BCUT2D eigenvalue weighted by Crippen LogP contribution is -2.26. The predicted molar refractivity (Wildman–Crippen MR) is 44.8 cm³/mol. The van der Waals surface area contributed by atoms with Crippen molar-refractivity contribution in [3.05, 3.63) is 6.42 Å². The lowest BCUT2D eigenvalue weighted by Gasteiger charge is -2.09. The van der Waals surface area contributed by atoms with Crippen LogP contribution in [0.25, 0.3) is 0 Å². The second-order valence-electron chi connectivity index (χ2n) is 3.11. The van der Waals surface area contributed by atoms with E-state index in [1.165, 1.54) is 38.6 Å². The van der Waals surface area contributed by atoms with Crippen molar-refractivity contribution in [1.29, 1.82) is 0 Å². The van der Waals surface area contributed by atoms with Crippen LogP contribution in [-0.4, -0.2) is 12.6 Å². The van der Waals surface area contributed by atoms with Gasteiger partial charge in [0.05, 0.1) is 0 Å². The van der Waals surface area contributed by atoms with Gasteiger partial charge in [0.1, 0.15) is 0 Å². The van der Waals surface area contributed by atoms with E-state index >= 15 is 0 Å². The summed E-state index contributed by atoms with van der Waals surface area (Å²) in [5.74, 6) is 0. The molecule has 0 spiro atoms. The standard InChI is InChI=1S/C9H18N/c1-2-3-8-10-9-6-4-5-7-9/h4,9-10H,2-3,5-8H2,1H3. The fraction of sp³-hybridized carbons (Fsp3) is 0.889. The maximum Gasteiger partial charge on any atom is 0.00699 e. The molecular weight excluding hydrogens is 122 g/mol. The Morgan fingerprint density at radius 2 is 2.50 bits per heavy atom. The van der Waals surface area contributed by atoms with Crippen LogP contribution in [0.4, 0.5) is 0 Å². The van der Waals surface area contributed by atoms with Crippen LogP contribution < -0.4 is 5.32 Å². The fourth-order valence-corrected chi connectivity index (χ4v) is 1.42. The van der Waals surface area contributed by atoms with Crippen molar-refractivity contribution < 1.29 is 0 Å². The van der Waals surface area contributed by atoms with Gasteiger partial charge in [-0.25, -0.2) is 0 Å². The molecule has 0 amide bonds. The molecule has 1 aliphatic carbocycles. The van der Waals surface area contributed by atoms with Crippen LogP contribution in [0.3, 0.4) is 0 Å². The van der Waals surface area contributed by atoms with Crippen LogP contribution in [0.2, 0.25) is 0 Å². The van der Waals surface area contributed by atoms with E-state index in [1.54, 1.807) is 0 Å². The molecule has 0 aliphatic heterocycles. The normalized spacial score (nSPS) is 20.1. The van der Waals surface area contributed by atoms with Gasteiger partial charge in [0, 0.05) is 6.04 Å². The average molecular weight is 140 g/mol. The van der Waals surface area contributed by atoms with Gasteiger partial charge in [-0.05, 0) is 38.6 Å². The van der Waals surface area contributed by atoms with Crippen molar-refractivity contribution in [3.63, 3.8) is 0 Å². The minimum atomic E-state index is 0.812. The van der Waals surface area contributed by atoms with Gasteiger partial charge in [0.25, 0.3) is 0 Å². The third kappa shape index (κ3) is 2.70. The topological polar surface area (TPSA) is 12.0 Å². The van der Waals surface area contributed by atoms with E-state index in [-0.39, 0.29) is 0 Å². The summed E-state index contributed by atoms with van der Waals surface area (Å²) in [6.07, 6.45) is 9.01. The molecule has 59 valence electrons. The Hall–Kier alpha value is -0.0400. The third-order valence-electron chi connectivity index (χ3n) is 2.13. The summed E-state index contributed by atoms with van der Waals surface area (Å²) >= 11 is 0. The Bertz CT molecular complexity index is 74.8. The van der Waals surface area contributed by atoms with Crippen molar-refractivity contribution in [1.82, 2.24) is 5.32 Å². The molecule has 0 heterocycles. The third-order valence-corrected chi connectivity index (χ3v) is 2.13. The highest BCUT2D eigenvalue weighted by Gasteiger charge is 2.12. The average Bonchev–Trinajstić information content (AvgIpc) is 2.41. The second kappa shape index (κ2) is 4.73. The Morgan fingerprint density at radius 1 is 1.60 bits per heavy atom. The van der Waals surface area contributed by atoms with E-state index in [4.69, 9.17) is 0 Å². The Kier molecular flexibility index (Phi) is 3.81. The van der Waals surface area contributed by atoms with Gasteiger partial charge in [-0.3, -0.25) is 0 Å². The summed E-state index contributed by atoms with van der Waals surface area (Å²) in [5.41, 5.74) is 0. The van der Waals surface area contributed by atoms with Crippen molar-refractivity contribution in [3.8, 4) is 0 Å². The zero-order chi connectivity index (χ0) is 7.23. The highest BCUT2D eigenvalue weighted by molar-refractivity contribution is 4.84. The predicted octanol–water partition coefficient (Wildman–Crippen LogP) is 2.13. The van der Waals surface area contributed by atoms with Gasteiger partial charge in [-0.15, -0.1) is 0 Å². The van der Waals surface area contributed by atoms with Crippen LogP contribution in [0.15, 0.2) is 0 Å². The van der Waals surface area contributed by atoms with Gasteiger partial charge in [-0.1, -0.05) is 13.3 Å². The minimum absolute atomic E-state index is 0.812. The largest absolute Gasteiger partial charge is 0.314 e. The number of nitrogens with one attached hydrogen (secondary N) is 1. The number of rotatable bonds is 4. The van der Waals surface area contributed by atoms with Crippen LogP contribution >= 0.6 is 0 Å². The molecule has 1 nitrogen and oxygen atoms in total. The molecule has 1 rings (SSSR count). The van der Waals surface area contributed by atoms with Crippen LogP contribution in [0.1, 0.15) is 39.0 Å². The van der Waals surface area contributed by atoms with Crippen molar-refractivity contribution in [2.75, 3.05) is 6.54 Å². The highest BCUT2D eigenvalue weighted by Crippen LogP contribution is 2.16. The van der Waals surface area contributed by atoms with E-state index < -0.39 is 0 Å². The zero-order valence-electron chi connectivity index (χ0n) is 6.90. The molecular formula is C9H18N. The quantitative estimate of drug-likeness (QED) is 0.590. The summed E-state index contributed by atoms with van der Waals surface area (Å²) < 4.78 is 0. The molecule has 1 N–H and O–H groups in total. The maximum absolute atomic E-state index is 3.55. The maximum atomic E-state index is 3.55. The van der Waals surface area contributed by atoms with E-state index in [2.05, 4.69) is 18.7 Å². The number of hydrogen-bond acceptors (Lipinski definition) is 1. The Labute approximate surface area is 64.2 Å². The second-order valence-corrected chi connectivity index (χ2v) is 3.11. The summed E-state index contributed by atoms with van der Waals surface area (Å²) in [4.78, 5) is 0. The highest BCUT2D eigenvalue weighted by atomic mass is 14.9. The molecule has 0 aromatic heterocycles. The first-order chi connectivity index (χ1) is 4.93. The monoisotopic (exact) mass is 140 g/mol. The van der Waals surface area contributed by atoms with Crippen LogP contribution in [0, 0.1) is 6.42 Å². The van der Waals surface area contributed by atoms with Gasteiger partial charge in [0.15, 0.2) is 0 Å². The molecule has 0 aromatic rings. The summed E-state index contributed by atoms with van der Waals surface area (Å²) in [6.45, 7) is 3.46. The molecule has 0 aromatic carbocycles. The molecule has 1 heteroatoms. The van der Waals surface area contributed by atoms with Crippen LogP contribution in [-0.2, 0) is 0 Å². The first-order valence-electron chi connectivity index (χ1n) is 4.48. The van der Waals surface area contributed by atoms with E-state index in [0.717, 1.165) is 6.04 Å². The molecule has 1 aliphatic rings. The van der Waals surface area contributed by atoms with Crippen LogP contribution in [0.5, 0.6) is 0 Å². The first kappa shape index (κ1) is 8.06. The molecule has 0 saturated heterocycles. The molecule has 1 radical (unpaired) electrons. The number of hydrogen-bond donors (Lipinski definition) is 1. The summed E-state index contributed by atoms with van der Waals surface area (Å²) in [7, 11) is 0. The lowest BCUT2D eigenvalue weighted by molar-refractivity contribution is 0.517. The van der Waals surface area contributed by atoms with Gasteiger partial charge < -0.3 is 5.32 Å². The zero-order valence-corrected chi connectivity index (χ0v) is 6.90.